The molecule has 0 aliphatic rings. The number of hydrazine groups is 1. The Labute approximate surface area is 175 Å². The number of rotatable bonds is 8. The van der Waals surface area contributed by atoms with Gasteiger partial charge in [0.15, 0.2) is 0 Å². The summed E-state index contributed by atoms with van der Waals surface area (Å²) < 4.78 is 10.6. The van der Waals surface area contributed by atoms with E-state index in [1.807, 2.05) is 60.7 Å². The lowest BCUT2D eigenvalue weighted by molar-refractivity contribution is -0.122. The number of amides is 2. The van der Waals surface area contributed by atoms with Gasteiger partial charge in [0, 0.05) is 7.11 Å². The van der Waals surface area contributed by atoms with Crippen molar-refractivity contribution in [3.8, 4) is 5.75 Å². The van der Waals surface area contributed by atoms with Crippen LogP contribution in [0.15, 0.2) is 84.9 Å². The molecule has 2 N–H and O–H groups in total. The average Bonchev–Trinajstić information content (AvgIpc) is 2.79. The van der Waals surface area contributed by atoms with Gasteiger partial charge in [-0.2, -0.15) is 0 Å². The summed E-state index contributed by atoms with van der Waals surface area (Å²) in [5.41, 5.74) is 7.04. The Balaban J connectivity index is 1.72. The molecule has 0 radical (unpaired) electrons. The third-order valence-corrected chi connectivity index (χ3v) is 4.50. The zero-order valence-electron chi connectivity index (χ0n) is 16.7. The van der Waals surface area contributed by atoms with E-state index < -0.39 is 11.8 Å². The van der Waals surface area contributed by atoms with Crippen LogP contribution < -0.4 is 15.6 Å². The number of nitrogens with one attached hydrogen (secondary N) is 2. The van der Waals surface area contributed by atoms with Crippen LogP contribution in [-0.4, -0.2) is 32.1 Å². The summed E-state index contributed by atoms with van der Waals surface area (Å²) >= 11 is 0. The Kier molecular flexibility index (Phi) is 7.58. The van der Waals surface area contributed by atoms with Gasteiger partial charge in [0.2, 0.25) is 5.91 Å². The summed E-state index contributed by atoms with van der Waals surface area (Å²) in [6.07, 6.45) is 0. The van der Waals surface area contributed by atoms with Crippen LogP contribution in [0.25, 0.3) is 0 Å². The molecule has 0 aliphatic heterocycles. The Morgan fingerprint density at radius 1 is 0.767 bits per heavy atom. The fraction of sp³-hybridized carbons (Fsp3) is 0.167. The molecule has 0 saturated heterocycles. The molecule has 0 bridgehead atoms. The van der Waals surface area contributed by atoms with Gasteiger partial charge in [-0.25, -0.2) is 0 Å². The number of hydrogen-bond donors (Lipinski definition) is 2. The van der Waals surface area contributed by atoms with E-state index in [0.29, 0.717) is 24.5 Å². The number of methoxy groups -OCH3 is 1. The second-order valence-corrected chi connectivity index (χ2v) is 6.54. The molecule has 2 amide bonds. The van der Waals surface area contributed by atoms with Crippen molar-refractivity contribution in [2.24, 2.45) is 0 Å². The van der Waals surface area contributed by atoms with Crippen LogP contribution in [0.4, 0.5) is 0 Å². The van der Waals surface area contributed by atoms with Gasteiger partial charge >= 0.3 is 0 Å². The van der Waals surface area contributed by atoms with Crippen molar-refractivity contribution >= 4 is 11.8 Å². The number of ether oxygens (including phenoxy) is 2. The summed E-state index contributed by atoms with van der Waals surface area (Å²) in [5.74, 6) is -0.931. The first-order valence-corrected chi connectivity index (χ1v) is 9.61. The highest BCUT2D eigenvalue weighted by molar-refractivity contribution is 5.98. The largest absolute Gasteiger partial charge is 0.490 e. The van der Waals surface area contributed by atoms with E-state index in [-0.39, 0.29) is 5.91 Å². The molecule has 6 nitrogen and oxygen atoms in total. The molecule has 154 valence electrons. The normalized spacial score (nSPS) is 10.5. The van der Waals surface area contributed by atoms with E-state index in [2.05, 4.69) is 10.9 Å². The molecule has 0 heterocycles. The Morgan fingerprint density at radius 3 is 1.93 bits per heavy atom. The first-order chi connectivity index (χ1) is 14.7. The van der Waals surface area contributed by atoms with Crippen LogP contribution in [0.5, 0.6) is 5.75 Å². The lowest BCUT2D eigenvalue weighted by Crippen LogP contribution is -2.44. The maximum Gasteiger partial charge on any atom is 0.273 e. The van der Waals surface area contributed by atoms with Gasteiger partial charge in [0.05, 0.1) is 18.1 Å². The smallest absolute Gasteiger partial charge is 0.273 e. The SMILES string of the molecule is COCCOc1ccccc1C(=O)NNC(=O)C(c1ccccc1)c1ccccc1. The minimum absolute atomic E-state index is 0.317. The first kappa shape index (κ1) is 21.1. The zero-order valence-corrected chi connectivity index (χ0v) is 16.7. The van der Waals surface area contributed by atoms with Gasteiger partial charge in [0.25, 0.3) is 5.91 Å². The van der Waals surface area contributed by atoms with Crippen molar-refractivity contribution in [2.45, 2.75) is 5.92 Å². The maximum absolute atomic E-state index is 13.0. The quantitative estimate of drug-likeness (QED) is 0.446. The molecule has 3 rings (SSSR count). The van der Waals surface area contributed by atoms with Crippen molar-refractivity contribution < 1.29 is 19.1 Å². The Bertz CT molecular complexity index is 922. The molecule has 0 saturated carbocycles. The first-order valence-electron chi connectivity index (χ1n) is 9.61. The van der Waals surface area contributed by atoms with Crippen LogP contribution in [0.3, 0.4) is 0 Å². The predicted molar refractivity (Wildman–Crippen MR) is 114 cm³/mol. The van der Waals surface area contributed by atoms with E-state index in [1.54, 1.807) is 31.4 Å². The highest BCUT2D eigenvalue weighted by atomic mass is 16.5. The van der Waals surface area contributed by atoms with Gasteiger partial charge in [-0.15, -0.1) is 0 Å². The number of para-hydroxylation sites is 1. The molecule has 6 heteroatoms. The highest BCUT2D eigenvalue weighted by Gasteiger charge is 2.23. The second kappa shape index (κ2) is 10.8. The number of benzene rings is 3. The van der Waals surface area contributed by atoms with E-state index >= 15 is 0 Å². The van der Waals surface area contributed by atoms with Gasteiger partial charge in [-0.05, 0) is 23.3 Å². The number of carbonyl (C=O) groups is 2. The molecule has 0 unspecified atom stereocenters. The minimum Gasteiger partial charge on any atom is -0.490 e. The van der Waals surface area contributed by atoms with Crippen molar-refractivity contribution in [1.29, 1.82) is 0 Å². The molecule has 0 spiro atoms. The van der Waals surface area contributed by atoms with Gasteiger partial charge in [0.1, 0.15) is 12.4 Å². The maximum atomic E-state index is 13.0. The molecule has 3 aromatic carbocycles. The van der Waals surface area contributed by atoms with Crippen LogP contribution in [-0.2, 0) is 9.53 Å². The van der Waals surface area contributed by atoms with Crippen LogP contribution >= 0.6 is 0 Å². The van der Waals surface area contributed by atoms with Gasteiger partial charge in [-0.1, -0.05) is 72.8 Å². The van der Waals surface area contributed by atoms with Crippen LogP contribution in [0.2, 0.25) is 0 Å². The molecule has 0 atom stereocenters. The lowest BCUT2D eigenvalue weighted by Gasteiger charge is -2.18. The molecule has 0 fully saturated rings. The van der Waals surface area contributed by atoms with Crippen molar-refractivity contribution in [1.82, 2.24) is 10.9 Å². The third kappa shape index (κ3) is 5.46. The summed E-state index contributed by atoms with van der Waals surface area (Å²) in [5, 5.41) is 0. The van der Waals surface area contributed by atoms with E-state index in [9.17, 15) is 9.59 Å². The second-order valence-electron chi connectivity index (χ2n) is 6.54. The summed E-state index contributed by atoms with van der Waals surface area (Å²) in [4.78, 5) is 25.7. The van der Waals surface area contributed by atoms with Gasteiger partial charge < -0.3 is 9.47 Å². The standard InChI is InChI=1S/C24H24N2O4/c1-29-16-17-30-21-15-9-8-14-20(21)23(27)25-26-24(28)22(18-10-4-2-5-11-18)19-12-6-3-7-13-19/h2-15,22H,16-17H2,1H3,(H,25,27)(H,26,28). The fourth-order valence-electron chi connectivity index (χ4n) is 3.06. The Morgan fingerprint density at radius 2 is 1.33 bits per heavy atom. The van der Waals surface area contributed by atoms with Crippen LogP contribution in [0.1, 0.15) is 27.4 Å². The molecule has 0 aromatic heterocycles. The van der Waals surface area contributed by atoms with Crippen molar-refractivity contribution in [3.05, 3.63) is 102 Å². The third-order valence-electron chi connectivity index (χ3n) is 4.50. The Hall–Kier alpha value is -3.64. The zero-order chi connectivity index (χ0) is 21.2. The monoisotopic (exact) mass is 404 g/mol. The summed E-state index contributed by atoms with van der Waals surface area (Å²) in [7, 11) is 1.58. The molecule has 0 aliphatic carbocycles. The average molecular weight is 404 g/mol. The summed E-state index contributed by atoms with van der Waals surface area (Å²) in [6, 6.07) is 25.7. The minimum atomic E-state index is -0.555. The molecular formula is C24H24N2O4. The van der Waals surface area contributed by atoms with E-state index in [1.165, 1.54) is 0 Å². The molecule has 3 aromatic rings. The molecular weight excluding hydrogens is 380 g/mol. The number of hydrogen-bond acceptors (Lipinski definition) is 4. The topological polar surface area (TPSA) is 76.7 Å². The predicted octanol–water partition coefficient (Wildman–Crippen LogP) is 3.30. The fourth-order valence-corrected chi connectivity index (χ4v) is 3.06. The van der Waals surface area contributed by atoms with Crippen molar-refractivity contribution in [2.75, 3.05) is 20.3 Å². The van der Waals surface area contributed by atoms with Gasteiger partial charge in [-0.3, -0.25) is 20.4 Å². The number of carbonyl (C=O) groups excluding carboxylic acids is 2. The van der Waals surface area contributed by atoms with Crippen molar-refractivity contribution in [3.63, 3.8) is 0 Å². The van der Waals surface area contributed by atoms with Crippen LogP contribution in [0, 0.1) is 0 Å². The molecule has 30 heavy (non-hydrogen) atoms. The lowest BCUT2D eigenvalue weighted by atomic mass is 9.91. The van der Waals surface area contributed by atoms with E-state index in [4.69, 9.17) is 9.47 Å². The summed E-state index contributed by atoms with van der Waals surface area (Å²) in [6.45, 7) is 0.722. The van der Waals surface area contributed by atoms with E-state index in [0.717, 1.165) is 11.1 Å². The highest BCUT2D eigenvalue weighted by Crippen LogP contribution is 2.24.